The van der Waals surface area contributed by atoms with Gasteiger partial charge in [0.2, 0.25) is 5.91 Å². The van der Waals surface area contributed by atoms with Gasteiger partial charge < -0.3 is 4.74 Å². The first kappa shape index (κ1) is 32.5. The maximum atomic E-state index is 13.4. The SMILES string of the molecule is CCCCCCCCCCCCOc1ccc(C(=O)N(CCCc2cccc[n+]2C)C(C)=O)cc1C(C)(C)C. The summed E-state index contributed by atoms with van der Waals surface area (Å²) in [4.78, 5) is 27.2. The summed E-state index contributed by atoms with van der Waals surface area (Å²) in [5, 5.41) is 0. The van der Waals surface area contributed by atoms with Gasteiger partial charge in [-0.15, -0.1) is 0 Å². The monoisotopic (exact) mass is 537 g/mol. The minimum atomic E-state index is -0.244. The minimum absolute atomic E-state index is 0.188. The molecule has 0 bridgehead atoms. The average Bonchev–Trinajstić information content (AvgIpc) is 2.89. The number of carbonyl (C=O) groups excluding carboxylic acids is 2. The number of nitrogens with zero attached hydrogens (tertiary/aromatic N) is 2. The lowest BCUT2D eigenvalue weighted by Gasteiger charge is -2.25. The normalized spacial score (nSPS) is 11.4. The van der Waals surface area contributed by atoms with E-state index in [-0.39, 0.29) is 17.2 Å². The lowest BCUT2D eigenvalue weighted by Crippen LogP contribution is -2.37. The molecule has 39 heavy (non-hydrogen) atoms. The van der Waals surface area contributed by atoms with Crippen molar-refractivity contribution < 1.29 is 18.9 Å². The molecule has 5 heteroatoms. The van der Waals surface area contributed by atoms with E-state index in [1.807, 2.05) is 37.5 Å². The van der Waals surface area contributed by atoms with Crippen molar-refractivity contribution in [2.24, 2.45) is 7.05 Å². The van der Waals surface area contributed by atoms with Crippen LogP contribution in [0.1, 0.15) is 127 Å². The van der Waals surface area contributed by atoms with Crippen molar-refractivity contribution >= 4 is 11.8 Å². The first-order valence-electron chi connectivity index (χ1n) is 15.2. The van der Waals surface area contributed by atoms with Crippen LogP contribution in [0.3, 0.4) is 0 Å². The van der Waals surface area contributed by atoms with E-state index in [4.69, 9.17) is 4.74 Å². The van der Waals surface area contributed by atoms with Crippen LogP contribution in [0.15, 0.2) is 42.6 Å². The fraction of sp³-hybridized carbons (Fsp3) is 0.618. The van der Waals surface area contributed by atoms with Gasteiger partial charge in [-0.3, -0.25) is 14.5 Å². The van der Waals surface area contributed by atoms with Crippen LogP contribution in [0.5, 0.6) is 5.75 Å². The Morgan fingerprint density at radius 3 is 2.10 bits per heavy atom. The molecule has 0 saturated heterocycles. The van der Waals surface area contributed by atoms with Crippen LogP contribution < -0.4 is 9.30 Å². The summed E-state index contributed by atoms with van der Waals surface area (Å²) >= 11 is 0. The maximum absolute atomic E-state index is 13.4. The van der Waals surface area contributed by atoms with Crippen LogP contribution in [0.2, 0.25) is 0 Å². The molecular weight excluding hydrogens is 484 g/mol. The van der Waals surface area contributed by atoms with Crippen molar-refractivity contribution in [1.82, 2.24) is 4.90 Å². The van der Waals surface area contributed by atoms with E-state index >= 15 is 0 Å². The van der Waals surface area contributed by atoms with Gasteiger partial charge in [0, 0.05) is 43.1 Å². The second-order valence-corrected chi connectivity index (χ2v) is 11.9. The quantitative estimate of drug-likeness (QED) is 0.153. The van der Waals surface area contributed by atoms with E-state index in [1.54, 1.807) is 6.07 Å². The number of hydrogen-bond donors (Lipinski definition) is 0. The fourth-order valence-corrected chi connectivity index (χ4v) is 4.94. The van der Waals surface area contributed by atoms with Crippen LogP contribution in [-0.2, 0) is 23.7 Å². The van der Waals surface area contributed by atoms with Crippen molar-refractivity contribution in [3.8, 4) is 5.75 Å². The van der Waals surface area contributed by atoms with Crippen LogP contribution >= 0.6 is 0 Å². The molecule has 2 amide bonds. The van der Waals surface area contributed by atoms with Crippen molar-refractivity contribution in [3.05, 3.63) is 59.4 Å². The number of aromatic nitrogens is 1. The number of amides is 2. The predicted molar refractivity (Wildman–Crippen MR) is 160 cm³/mol. The Morgan fingerprint density at radius 1 is 0.872 bits per heavy atom. The molecule has 1 aromatic heterocycles. The highest BCUT2D eigenvalue weighted by Crippen LogP contribution is 2.33. The van der Waals surface area contributed by atoms with E-state index in [9.17, 15) is 9.59 Å². The van der Waals surface area contributed by atoms with Gasteiger partial charge in [-0.1, -0.05) is 91.5 Å². The molecule has 5 nitrogen and oxygen atoms in total. The van der Waals surface area contributed by atoms with Crippen molar-refractivity contribution in [2.45, 2.75) is 117 Å². The smallest absolute Gasteiger partial charge is 0.260 e. The Morgan fingerprint density at radius 2 is 1.51 bits per heavy atom. The number of imide groups is 1. The first-order chi connectivity index (χ1) is 18.6. The molecule has 2 rings (SSSR count). The van der Waals surface area contributed by atoms with Crippen LogP contribution in [0.4, 0.5) is 0 Å². The molecule has 0 unspecified atom stereocenters. The predicted octanol–water partition coefficient (Wildman–Crippen LogP) is 7.73. The summed E-state index contributed by atoms with van der Waals surface area (Å²) in [6, 6.07) is 11.7. The number of carbonyl (C=O) groups is 2. The van der Waals surface area contributed by atoms with Crippen LogP contribution in [0, 0.1) is 0 Å². The molecule has 0 radical (unpaired) electrons. The lowest BCUT2D eigenvalue weighted by molar-refractivity contribution is -0.679. The number of pyridine rings is 1. The summed E-state index contributed by atoms with van der Waals surface area (Å²) in [7, 11) is 2.01. The third kappa shape index (κ3) is 11.5. The summed E-state index contributed by atoms with van der Waals surface area (Å²) in [6.45, 7) is 11.2. The Balaban J connectivity index is 1.92. The Labute approximate surface area is 238 Å². The topological polar surface area (TPSA) is 50.5 Å². The highest BCUT2D eigenvalue weighted by molar-refractivity contribution is 6.04. The second-order valence-electron chi connectivity index (χ2n) is 11.9. The Hall–Kier alpha value is -2.69. The Bertz CT molecular complexity index is 1030. The van der Waals surface area contributed by atoms with Gasteiger partial charge in [0.1, 0.15) is 12.8 Å². The highest BCUT2D eigenvalue weighted by Gasteiger charge is 2.25. The molecule has 2 aromatic rings. The summed E-state index contributed by atoms with van der Waals surface area (Å²) in [5.74, 6) is 0.364. The van der Waals surface area contributed by atoms with Gasteiger partial charge in [-0.25, -0.2) is 4.57 Å². The second kappa shape index (κ2) is 17.1. The van der Waals surface area contributed by atoms with E-state index in [1.165, 1.54) is 75.3 Å². The summed E-state index contributed by atoms with van der Waals surface area (Å²) in [5.41, 5.74) is 2.52. The van der Waals surface area contributed by atoms with Crippen LogP contribution in [-0.4, -0.2) is 29.9 Å². The van der Waals surface area contributed by atoms with Gasteiger partial charge in [-0.05, 0) is 36.5 Å². The van der Waals surface area contributed by atoms with Crippen molar-refractivity contribution in [3.63, 3.8) is 0 Å². The summed E-state index contributed by atoms with van der Waals surface area (Å²) < 4.78 is 8.28. The summed E-state index contributed by atoms with van der Waals surface area (Å²) in [6.07, 6.45) is 16.5. The molecule has 0 aliphatic heterocycles. The molecule has 216 valence electrons. The zero-order valence-electron chi connectivity index (χ0n) is 25.6. The van der Waals surface area contributed by atoms with E-state index in [0.29, 0.717) is 18.7 Å². The molecule has 0 atom stereocenters. The zero-order chi connectivity index (χ0) is 28.7. The number of hydrogen-bond acceptors (Lipinski definition) is 3. The van der Waals surface area contributed by atoms with Crippen molar-refractivity contribution in [2.75, 3.05) is 13.2 Å². The number of aryl methyl sites for hydroxylation is 2. The molecule has 0 aliphatic carbocycles. The third-order valence-corrected chi connectivity index (χ3v) is 7.39. The van der Waals surface area contributed by atoms with Gasteiger partial charge >= 0.3 is 0 Å². The molecule has 0 fully saturated rings. The van der Waals surface area contributed by atoms with Gasteiger partial charge in [0.05, 0.1) is 6.61 Å². The van der Waals surface area contributed by atoms with E-state index in [0.717, 1.165) is 30.6 Å². The number of benzene rings is 1. The molecule has 0 spiro atoms. The fourth-order valence-electron chi connectivity index (χ4n) is 4.94. The van der Waals surface area contributed by atoms with Crippen molar-refractivity contribution in [1.29, 1.82) is 0 Å². The van der Waals surface area contributed by atoms with Gasteiger partial charge in [0.25, 0.3) is 5.91 Å². The van der Waals surface area contributed by atoms with Gasteiger partial charge in [0.15, 0.2) is 11.9 Å². The third-order valence-electron chi connectivity index (χ3n) is 7.39. The molecule has 0 N–H and O–H groups in total. The number of unbranched alkanes of at least 4 members (excludes halogenated alkanes) is 9. The standard InChI is InChI=1S/C34H53N2O3/c1-7-8-9-10-11-12-13-14-15-18-26-39-32-23-22-29(27-31(32)34(3,4)5)33(38)36(28(2)37)25-19-21-30-20-16-17-24-35(30)6/h16-17,20,22-24,27H,7-15,18-19,21,25-26H2,1-6H3/q+1. The van der Waals surface area contributed by atoms with Gasteiger partial charge in [-0.2, -0.15) is 0 Å². The Kier molecular flexibility index (Phi) is 14.3. The molecule has 1 heterocycles. The number of ether oxygens (including phenoxy) is 1. The highest BCUT2D eigenvalue weighted by atomic mass is 16.5. The van der Waals surface area contributed by atoms with E-state index in [2.05, 4.69) is 38.3 Å². The lowest BCUT2D eigenvalue weighted by atomic mass is 9.85. The average molecular weight is 538 g/mol. The number of rotatable bonds is 17. The van der Waals surface area contributed by atoms with E-state index < -0.39 is 0 Å². The molecule has 0 aliphatic rings. The minimum Gasteiger partial charge on any atom is -0.493 e. The maximum Gasteiger partial charge on any atom is 0.260 e. The zero-order valence-corrected chi connectivity index (χ0v) is 25.6. The van der Waals surface area contributed by atoms with Crippen LogP contribution in [0.25, 0.3) is 0 Å². The largest absolute Gasteiger partial charge is 0.493 e. The molecular formula is C34H53N2O3+. The first-order valence-corrected chi connectivity index (χ1v) is 15.2. The molecule has 0 saturated carbocycles. The molecule has 1 aromatic carbocycles.